The number of hydrogen-bond acceptors (Lipinski definition) is 3. The lowest BCUT2D eigenvalue weighted by molar-refractivity contribution is 0.251. The number of hydrogen-bond donors (Lipinski definition) is 0. The summed E-state index contributed by atoms with van der Waals surface area (Å²) in [7, 11) is 1.56. The third-order valence-corrected chi connectivity index (χ3v) is 3.69. The van der Waals surface area contributed by atoms with Gasteiger partial charge in [0, 0.05) is 10.7 Å². The van der Waals surface area contributed by atoms with Crippen LogP contribution >= 0.6 is 10.7 Å². The molecular weight excluding hydrogens is 248 g/mol. The van der Waals surface area contributed by atoms with Gasteiger partial charge in [-0.3, -0.25) is 0 Å². The average molecular weight is 263 g/mol. The van der Waals surface area contributed by atoms with E-state index in [0.717, 1.165) is 6.42 Å². The Bertz CT molecular complexity index is 442. The molecule has 1 unspecified atom stereocenters. The van der Waals surface area contributed by atoms with Crippen LogP contribution in [0.2, 0.25) is 0 Å². The third-order valence-electron chi connectivity index (χ3n) is 2.33. The zero-order valence-electron chi connectivity index (χ0n) is 9.31. The quantitative estimate of drug-likeness (QED) is 0.766. The number of rotatable bonds is 5. The molecule has 0 N–H and O–H groups in total. The summed E-state index contributed by atoms with van der Waals surface area (Å²) < 4.78 is 28.0. The van der Waals surface area contributed by atoms with Gasteiger partial charge in [0.1, 0.15) is 10.6 Å². The predicted molar refractivity (Wildman–Crippen MR) is 64.4 cm³/mol. The Morgan fingerprint density at radius 3 is 2.56 bits per heavy atom. The van der Waals surface area contributed by atoms with Crippen LogP contribution in [0.1, 0.15) is 20.3 Å². The van der Waals surface area contributed by atoms with E-state index in [0.29, 0.717) is 18.3 Å². The van der Waals surface area contributed by atoms with E-state index in [4.69, 9.17) is 15.4 Å². The van der Waals surface area contributed by atoms with E-state index in [9.17, 15) is 8.42 Å². The van der Waals surface area contributed by atoms with Crippen molar-refractivity contribution in [3.8, 4) is 5.75 Å². The van der Waals surface area contributed by atoms with Crippen LogP contribution in [0.5, 0.6) is 5.75 Å². The Balaban J connectivity index is 2.88. The number of para-hydroxylation sites is 1. The molecule has 1 rings (SSSR count). The van der Waals surface area contributed by atoms with Crippen molar-refractivity contribution in [1.82, 2.24) is 0 Å². The SMILES string of the molecule is CCC(C)COc1ccccc1S(=O)(=O)Cl. The molecule has 0 spiro atoms. The van der Waals surface area contributed by atoms with Gasteiger partial charge in [-0.2, -0.15) is 0 Å². The summed E-state index contributed by atoms with van der Waals surface area (Å²) in [4.78, 5) is 0.0277. The molecule has 1 aromatic rings. The molecule has 0 aliphatic carbocycles. The van der Waals surface area contributed by atoms with Gasteiger partial charge in [0.25, 0.3) is 9.05 Å². The van der Waals surface area contributed by atoms with E-state index in [-0.39, 0.29) is 4.90 Å². The van der Waals surface area contributed by atoms with Crippen LogP contribution in [0.4, 0.5) is 0 Å². The summed E-state index contributed by atoms with van der Waals surface area (Å²) >= 11 is 0. The van der Waals surface area contributed by atoms with Crippen LogP contribution in [0.25, 0.3) is 0 Å². The van der Waals surface area contributed by atoms with Crippen LogP contribution in [-0.4, -0.2) is 15.0 Å². The highest BCUT2D eigenvalue weighted by molar-refractivity contribution is 8.13. The molecule has 0 aliphatic heterocycles. The van der Waals surface area contributed by atoms with Crippen LogP contribution in [0.3, 0.4) is 0 Å². The van der Waals surface area contributed by atoms with E-state index in [1.165, 1.54) is 6.07 Å². The minimum Gasteiger partial charge on any atom is -0.492 e. The van der Waals surface area contributed by atoms with Crippen LogP contribution in [0, 0.1) is 5.92 Å². The van der Waals surface area contributed by atoms with Gasteiger partial charge in [0.05, 0.1) is 6.61 Å². The molecule has 0 aliphatic rings. The van der Waals surface area contributed by atoms with Crippen LogP contribution < -0.4 is 4.74 Å². The maximum Gasteiger partial charge on any atom is 0.264 e. The van der Waals surface area contributed by atoms with Crippen molar-refractivity contribution in [2.24, 2.45) is 5.92 Å². The van der Waals surface area contributed by atoms with Gasteiger partial charge in [0.15, 0.2) is 0 Å². The number of halogens is 1. The first-order chi connectivity index (χ1) is 7.45. The lowest BCUT2D eigenvalue weighted by Gasteiger charge is -2.12. The highest BCUT2D eigenvalue weighted by Gasteiger charge is 2.16. The monoisotopic (exact) mass is 262 g/mol. The van der Waals surface area contributed by atoms with Crippen molar-refractivity contribution in [2.45, 2.75) is 25.2 Å². The van der Waals surface area contributed by atoms with Gasteiger partial charge < -0.3 is 4.74 Å². The Kier molecular flexibility index (Phi) is 4.62. The molecule has 0 saturated carbocycles. The first kappa shape index (κ1) is 13.3. The molecule has 90 valence electrons. The first-order valence-electron chi connectivity index (χ1n) is 5.11. The summed E-state index contributed by atoms with van der Waals surface area (Å²) in [6.45, 7) is 4.58. The largest absolute Gasteiger partial charge is 0.492 e. The van der Waals surface area contributed by atoms with Gasteiger partial charge in [-0.15, -0.1) is 0 Å². The van der Waals surface area contributed by atoms with Crippen molar-refractivity contribution < 1.29 is 13.2 Å². The molecule has 3 nitrogen and oxygen atoms in total. The Hall–Kier alpha value is -0.740. The van der Waals surface area contributed by atoms with Crippen LogP contribution in [-0.2, 0) is 9.05 Å². The van der Waals surface area contributed by atoms with Crippen molar-refractivity contribution >= 4 is 19.7 Å². The molecule has 0 fully saturated rings. The second-order valence-electron chi connectivity index (χ2n) is 3.71. The second kappa shape index (κ2) is 5.55. The number of benzene rings is 1. The molecule has 0 bridgehead atoms. The minimum atomic E-state index is -3.74. The zero-order valence-corrected chi connectivity index (χ0v) is 10.9. The van der Waals surface area contributed by atoms with E-state index in [1.54, 1.807) is 18.2 Å². The molecule has 0 amide bonds. The number of ether oxygens (including phenoxy) is 1. The van der Waals surface area contributed by atoms with Crippen molar-refractivity contribution in [1.29, 1.82) is 0 Å². The first-order valence-corrected chi connectivity index (χ1v) is 7.42. The maximum atomic E-state index is 11.3. The summed E-state index contributed by atoms with van der Waals surface area (Å²) in [6, 6.07) is 6.38. The van der Waals surface area contributed by atoms with Gasteiger partial charge in [-0.25, -0.2) is 8.42 Å². The van der Waals surface area contributed by atoms with Gasteiger partial charge >= 0.3 is 0 Å². The molecule has 5 heteroatoms. The van der Waals surface area contributed by atoms with Gasteiger partial charge in [0.2, 0.25) is 0 Å². The molecule has 0 heterocycles. The Labute approximate surface area is 101 Å². The lowest BCUT2D eigenvalue weighted by atomic mass is 10.1. The van der Waals surface area contributed by atoms with E-state index < -0.39 is 9.05 Å². The maximum absolute atomic E-state index is 11.3. The van der Waals surface area contributed by atoms with Crippen molar-refractivity contribution in [3.05, 3.63) is 24.3 Å². The fourth-order valence-corrected chi connectivity index (χ4v) is 2.11. The highest BCUT2D eigenvalue weighted by Crippen LogP contribution is 2.26. The molecule has 0 saturated heterocycles. The average Bonchev–Trinajstić information content (AvgIpc) is 2.25. The fraction of sp³-hybridized carbons (Fsp3) is 0.455. The zero-order chi connectivity index (χ0) is 12.2. The summed E-state index contributed by atoms with van der Waals surface area (Å²) in [5.74, 6) is 0.698. The second-order valence-corrected chi connectivity index (χ2v) is 6.24. The molecule has 1 aromatic carbocycles. The third kappa shape index (κ3) is 3.68. The van der Waals surface area contributed by atoms with Crippen molar-refractivity contribution in [2.75, 3.05) is 6.61 Å². The molecule has 0 aromatic heterocycles. The normalized spacial score (nSPS) is 13.4. The summed E-state index contributed by atoms with van der Waals surface area (Å²) in [5.41, 5.74) is 0. The standard InChI is InChI=1S/C11H15ClO3S/c1-3-9(2)8-15-10-6-4-5-7-11(10)16(12,13)14/h4-7,9H,3,8H2,1-2H3. The Morgan fingerprint density at radius 2 is 2.00 bits per heavy atom. The summed E-state index contributed by atoms with van der Waals surface area (Å²) in [6.07, 6.45) is 0.982. The molecule has 1 atom stereocenters. The lowest BCUT2D eigenvalue weighted by Crippen LogP contribution is -2.09. The molecule has 0 radical (unpaired) electrons. The smallest absolute Gasteiger partial charge is 0.264 e. The van der Waals surface area contributed by atoms with E-state index in [2.05, 4.69) is 6.92 Å². The van der Waals surface area contributed by atoms with Crippen LogP contribution in [0.15, 0.2) is 29.2 Å². The Morgan fingerprint density at radius 1 is 1.38 bits per heavy atom. The predicted octanol–water partition coefficient (Wildman–Crippen LogP) is 3.04. The highest BCUT2D eigenvalue weighted by atomic mass is 35.7. The van der Waals surface area contributed by atoms with Gasteiger partial charge in [-0.1, -0.05) is 32.4 Å². The minimum absolute atomic E-state index is 0.0277. The molecular formula is C11H15ClO3S. The molecule has 16 heavy (non-hydrogen) atoms. The summed E-state index contributed by atoms with van der Waals surface area (Å²) in [5, 5.41) is 0. The van der Waals surface area contributed by atoms with Gasteiger partial charge in [-0.05, 0) is 18.1 Å². The topological polar surface area (TPSA) is 43.4 Å². The van der Waals surface area contributed by atoms with E-state index >= 15 is 0 Å². The van der Waals surface area contributed by atoms with Crippen molar-refractivity contribution in [3.63, 3.8) is 0 Å². The fourth-order valence-electron chi connectivity index (χ4n) is 1.12. The van der Waals surface area contributed by atoms with E-state index in [1.807, 2.05) is 6.92 Å².